The molecule has 0 spiro atoms. The molecular weight excluding hydrogens is 432 g/mol. The number of alkyl halides is 3. The monoisotopic (exact) mass is 448 g/mol. The van der Waals surface area contributed by atoms with E-state index in [1.54, 1.807) is 30.1 Å². The number of amides is 1. The fraction of sp³-hybridized carbons (Fsp3) is 0.200. The molecule has 166 valence electrons. The number of primary amides is 1. The van der Waals surface area contributed by atoms with E-state index in [9.17, 15) is 22.4 Å². The summed E-state index contributed by atoms with van der Waals surface area (Å²) in [5, 5.41) is 13.4. The van der Waals surface area contributed by atoms with Gasteiger partial charge in [-0.15, -0.1) is 13.2 Å². The molecule has 1 unspecified atom stereocenters. The largest absolute Gasteiger partial charge is 0.573 e. The number of ether oxygens (including phenoxy) is 1. The van der Waals surface area contributed by atoms with Gasteiger partial charge in [0, 0.05) is 12.4 Å². The van der Waals surface area contributed by atoms with Crippen LogP contribution in [0, 0.1) is 5.82 Å². The Balaban J connectivity index is 1.58. The lowest BCUT2D eigenvalue weighted by atomic mass is 9.95. The van der Waals surface area contributed by atoms with Crippen molar-refractivity contribution < 1.29 is 27.1 Å². The Hall–Kier alpha value is -3.96. The molecule has 0 aliphatic heterocycles. The van der Waals surface area contributed by atoms with Gasteiger partial charge >= 0.3 is 6.36 Å². The fourth-order valence-corrected chi connectivity index (χ4v) is 3.35. The van der Waals surface area contributed by atoms with Crippen molar-refractivity contribution in [2.75, 3.05) is 0 Å². The van der Waals surface area contributed by atoms with Crippen molar-refractivity contribution in [1.82, 2.24) is 24.8 Å². The number of carbonyl (C=O) groups excluding carboxylic acids is 1. The predicted molar refractivity (Wildman–Crippen MR) is 104 cm³/mol. The molecule has 2 aromatic carbocycles. The first-order valence-corrected chi connectivity index (χ1v) is 9.26. The van der Waals surface area contributed by atoms with Gasteiger partial charge in [-0.2, -0.15) is 20.1 Å². The first-order valence-electron chi connectivity index (χ1n) is 9.26. The van der Waals surface area contributed by atoms with Gasteiger partial charge in [0.25, 0.3) is 0 Å². The second-order valence-electron chi connectivity index (χ2n) is 7.03. The summed E-state index contributed by atoms with van der Waals surface area (Å²) in [6.07, 6.45) is -1.94. The van der Waals surface area contributed by atoms with E-state index in [-0.39, 0.29) is 12.2 Å². The summed E-state index contributed by atoms with van der Waals surface area (Å²) in [7, 11) is 1.77. The molecule has 8 nitrogen and oxygen atoms in total. The van der Waals surface area contributed by atoms with Crippen molar-refractivity contribution in [1.29, 1.82) is 0 Å². The Morgan fingerprint density at radius 3 is 2.62 bits per heavy atom. The highest BCUT2D eigenvalue weighted by atomic mass is 19.4. The summed E-state index contributed by atoms with van der Waals surface area (Å²) in [6.45, 7) is -0.0462. The highest BCUT2D eigenvalue weighted by molar-refractivity contribution is 5.87. The summed E-state index contributed by atoms with van der Waals surface area (Å²) < 4.78 is 56.1. The minimum Gasteiger partial charge on any atom is -0.403 e. The van der Waals surface area contributed by atoms with E-state index in [4.69, 9.17) is 5.73 Å². The quantitative estimate of drug-likeness (QED) is 0.457. The van der Waals surface area contributed by atoms with Crippen LogP contribution in [-0.2, 0) is 18.4 Å². The molecule has 0 saturated carbocycles. The molecule has 0 saturated heterocycles. The van der Waals surface area contributed by atoms with Crippen LogP contribution in [0.4, 0.5) is 17.6 Å². The molecule has 0 aliphatic rings. The third kappa shape index (κ3) is 4.38. The number of benzene rings is 2. The van der Waals surface area contributed by atoms with Crippen LogP contribution in [0.25, 0.3) is 10.9 Å². The lowest BCUT2D eigenvalue weighted by Crippen LogP contribution is -2.23. The second kappa shape index (κ2) is 7.94. The van der Waals surface area contributed by atoms with Crippen LogP contribution in [0.1, 0.15) is 22.7 Å². The van der Waals surface area contributed by atoms with Crippen LogP contribution < -0.4 is 10.5 Å². The van der Waals surface area contributed by atoms with Crippen LogP contribution in [0.2, 0.25) is 0 Å². The Labute approximate surface area is 178 Å². The van der Waals surface area contributed by atoms with Gasteiger partial charge in [0.2, 0.25) is 5.91 Å². The van der Waals surface area contributed by atoms with Crippen molar-refractivity contribution >= 4 is 16.8 Å². The zero-order valence-corrected chi connectivity index (χ0v) is 16.5. The van der Waals surface area contributed by atoms with Crippen molar-refractivity contribution in [3.63, 3.8) is 0 Å². The van der Waals surface area contributed by atoms with Crippen LogP contribution in [0.5, 0.6) is 5.75 Å². The lowest BCUT2D eigenvalue weighted by Gasteiger charge is -2.12. The minimum absolute atomic E-state index is 0.0462. The molecular formula is C20H16F4N6O2. The molecule has 0 aliphatic carbocycles. The minimum atomic E-state index is -5.00. The van der Waals surface area contributed by atoms with E-state index < -0.39 is 29.8 Å². The number of halogens is 4. The zero-order valence-electron chi connectivity index (χ0n) is 16.5. The molecule has 4 rings (SSSR count). The molecule has 0 radical (unpaired) electrons. The predicted octanol–water partition coefficient (Wildman–Crippen LogP) is 2.87. The van der Waals surface area contributed by atoms with E-state index in [1.165, 1.54) is 17.1 Å². The number of hydrogen-bond acceptors (Lipinski definition) is 5. The smallest absolute Gasteiger partial charge is 0.403 e. The van der Waals surface area contributed by atoms with Crippen LogP contribution in [0.15, 0.2) is 48.8 Å². The van der Waals surface area contributed by atoms with Crippen LogP contribution in [0.3, 0.4) is 0 Å². The van der Waals surface area contributed by atoms with Gasteiger partial charge in [-0.1, -0.05) is 18.2 Å². The van der Waals surface area contributed by atoms with Gasteiger partial charge in [0.1, 0.15) is 5.92 Å². The highest BCUT2D eigenvalue weighted by Gasteiger charge is 2.32. The number of fused-ring (bicyclic) bond motifs is 1. The number of nitrogens with two attached hydrogens (primary N) is 1. The van der Waals surface area contributed by atoms with Crippen molar-refractivity contribution in [2.24, 2.45) is 12.8 Å². The summed E-state index contributed by atoms with van der Waals surface area (Å²) >= 11 is 0. The SMILES string of the molecule is Cn1ncc2ccc(C(C(N)=O)c3cnn(Cc4ccc(OC(F)(F)F)c(F)c4)n3)cc21. The fourth-order valence-electron chi connectivity index (χ4n) is 3.35. The Morgan fingerprint density at radius 1 is 1.16 bits per heavy atom. The number of hydrogen-bond donors (Lipinski definition) is 1. The zero-order chi connectivity index (χ0) is 23.0. The van der Waals surface area contributed by atoms with Gasteiger partial charge in [-0.25, -0.2) is 4.39 Å². The molecule has 2 aromatic heterocycles. The van der Waals surface area contributed by atoms with E-state index in [0.717, 1.165) is 23.0 Å². The maximum atomic E-state index is 13.9. The molecule has 2 heterocycles. The van der Waals surface area contributed by atoms with E-state index >= 15 is 0 Å². The molecule has 0 fully saturated rings. The standard InChI is InChI=1S/C20H16F4N6O2/c1-29-16-7-12(3-4-13(16)8-26-29)18(19(25)31)15-9-27-30(28-15)10-11-2-5-17(14(21)6-11)32-20(22,23)24/h2-9,18H,10H2,1H3,(H2,25,31). The van der Waals surface area contributed by atoms with Gasteiger partial charge < -0.3 is 10.5 Å². The van der Waals surface area contributed by atoms with Crippen molar-refractivity contribution in [2.45, 2.75) is 18.8 Å². The summed E-state index contributed by atoms with van der Waals surface area (Å²) in [5.41, 5.74) is 7.59. The summed E-state index contributed by atoms with van der Waals surface area (Å²) in [4.78, 5) is 13.4. The maximum Gasteiger partial charge on any atom is 0.573 e. The van der Waals surface area contributed by atoms with Crippen molar-refractivity contribution in [3.8, 4) is 5.75 Å². The maximum absolute atomic E-state index is 13.9. The molecule has 1 atom stereocenters. The van der Waals surface area contributed by atoms with Crippen LogP contribution in [-0.4, -0.2) is 37.0 Å². The normalized spacial score (nSPS) is 12.8. The summed E-state index contributed by atoms with van der Waals surface area (Å²) in [6, 6.07) is 8.36. The Bertz CT molecular complexity index is 1300. The lowest BCUT2D eigenvalue weighted by molar-refractivity contribution is -0.275. The van der Waals surface area contributed by atoms with Crippen molar-refractivity contribution in [3.05, 3.63) is 71.4 Å². The molecule has 1 amide bonds. The number of rotatable bonds is 6. The van der Waals surface area contributed by atoms with E-state index in [2.05, 4.69) is 20.0 Å². The molecule has 2 N–H and O–H groups in total. The molecule has 12 heteroatoms. The number of carbonyl (C=O) groups is 1. The average Bonchev–Trinajstić information content (AvgIpc) is 3.30. The average molecular weight is 448 g/mol. The highest BCUT2D eigenvalue weighted by Crippen LogP contribution is 2.28. The number of aromatic nitrogens is 5. The van der Waals surface area contributed by atoms with Crippen LogP contribution >= 0.6 is 0 Å². The van der Waals surface area contributed by atoms with Gasteiger partial charge in [0.15, 0.2) is 11.6 Å². The van der Waals surface area contributed by atoms with Gasteiger partial charge in [-0.05, 0) is 29.3 Å². The van der Waals surface area contributed by atoms with Gasteiger partial charge in [-0.3, -0.25) is 9.48 Å². The Kier molecular flexibility index (Phi) is 5.28. The first-order chi connectivity index (χ1) is 15.1. The van der Waals surface area contributed by atoms with E-state index in [1.807, 2.05) is 6.07 Å². The molecule has 0 bridgehead atoms. The molecule has 32 heavy (non-hydrogen) atoms. The second-order valence-corrected chi connectivity index (χ2v) is 7.03. The summed E-state index contributed by atoms with van der Waals surface area (Å²) in [5.74, 6) is -3.64. The number of nitrogens with zero attached hydrogens (tertiary/aromatic N) is 5. The first kappa shape index (κ1) is 21.3. The topological polar surface area (TPSA) is 101 Å². The third-order valence-corrected chi connectivity index (χ3v) is 4.79. The number of aryl methyl sites for hydroxylation is 1. The van der Waals surface area contributed by atoms with Gasteiger partial charge in [0.05, 0.1) is 30.1 Å². The Morgan fingerprint density at radius 2 is 1.94 bits per heavy atom. The molecule has 4 aromatic rings. The van der Waals surface area contributed by atoms with E-state index in [0.29, 0.717) is 11.1 Å². The third-order valence-electron chi connectivity index (χ3n) is 4.79.